The van der Waals surface area contributed by atoms with Crippen LogP contribution in [0.4, 0.5) is 0 Å². The highest BCUT2D eigenvalue weighted by atomic mass is 14.2. The van der Waals surface area contributed by atoms with Crippen molar-refractivity contribution < 1.29 is 0 Å². The molecule has 0 aromatic heterocycles. The Hall–Kier alpha value is -0.520. The molecule has 0 N–H and O–H groups in total. The van der Waals surface area contributed by atoms with E-state index in [1.165, 1.54) is 57.8 Å². The second-order valence-electron chi connectivity index (χ2n) is 6.58. The summed E-state index contributed by atoms with van der Waals surface area (Å²) in [5.74, 6) is 0. The Morgan fingerprint density at radius 3 is 1.05 bits per heavy atom. The van der Waals surface area contributed by atoms with Crippen LogP contribution in [0.15, 0.2) is 24.3 Å². The summed E-state index contributed by atoms with van der Waals surface area (Å²) in [5, 5.41) is 0. The first-order chi connectivity index (χ1) is 10.1. The van der Waals surface area contributed by atoms with Crippen LogP contribution in [0.2, 0.25) is 0 Å². The quantitative estimate of drug-likeness (QED) is 0.255. The molecule has 0 aromatic carbocycles. The standard InChI is InChI=1S/C21H40/c1-7-20(8-2,9-3)18-16-14-13-15-17-19-21(10-4,11-5)12-6/h16-19H,7-15H2,1-6H3/b18-16-,19-17-. The molecule has 0 aliphatic carbocycles. The zero-order valence-corrected chi connectivity index (χ0v) is 15.7. The van der Waals surface area contributed by atoms with Gasteiger partial charge in [-0.25, -0.2) is 0 Å². The van der Waals surface area contributed by atoms with E-state index in [4.69, 9.17) is 0 Å². The molecule has 0 heterocycles. The highest BCUT2D eigenvalue weighted by Crippen LogP contribution is 2.33. The lowest BCUT2D eigenvalue weighted by Crippen LogP contribution is -2.13. The molecule has 0 radical (unpaired) electrons. The predicted octanol–water partition coefficient (Wildman–Crippen LogP) is 7.70. The molecule has 0 spiro atoms. The van der Waals surface area contributed by atoms with Crippen molar-refractivity contribution in [2.45, 2.75) is 99.3 Å². The van der Waals surface area contributed by atoms with E-state index in [0.717, 1.165) is 0 Å². The molecule has 0 atom stereocenters. The van der Waals surface area contributed by atoms with E-state index in [0.29, 0.717) is 10.8 Å². The second kappa shape index (κ2) is 11.1. The van der Waals surface area contributed by atoms with Gasteiger partial charge in [-0.2, -0.15) is 0 Å². The van der Waals surface area contributed by atoms with Gasteiger partial charge in [0.2, 0.25) is 0 Å². The number of rotatable bonds is 12. The van der Waals surface area contributed by atoms with Gasteiger partial charge in [-0.1, -0.05) is 65.8 Å². The maximum absolute atomic E-state index is 2.49. The smallest absolute Gasteiger partial charge is 0.0126 e. The van der Waals surface area contributed by atoms with Crippen LogP contribution >= 0.6 is 0 Å². The molecule has 0 aliphatic rings. The largest absolute Gasteiger partial charge is 0.0880 e. The Labute approximate surface area is 135 Å². The summed E-state index contributed by atoms with van der Waals surface area (Å²) in [6.45, 7) is 13.9. The summed E-state index contributed by atoms with van der Waals surface area (Å²) in [6.07, 6.45) is 21.2. The Kier molecular flexibility index (Phi) is 10.8. The SMILES string of the molecule is CCC(/C=C\CCC/C=C\C(CC)(CC)CC)(CC)CC. The van der Waals surface area contributed by atoms with Crippen molar-refractivity contribution in [3.8, 4) is 0 Å². The summed E-state index contributed by atoms with van der Waals surface area (Å²) in [6, 6.07) is 0. The van der Waals surface area contributed by atoms with Crippen LogP contribution < -0.4 is 0 Å². The van der Waals surface area contributed by atoms with Crippen molar-refractivity contribution in [1.29, 1.82) is 0 Å². The molecule has 0 saturated heterocycles. The molecule has 0 heteroatoms. The summed E-state index contributed by atoms with van der Waals surface area (Å²) < 4.78 is 0. The van der Waals surface area contributed by atoms with Crippen molar-refractivity contribution in [3.05, 3.63) is 24.3 Å². The Morgan fingerprint density at radius 1 is 0.524 bits per heavy atom. The van der Waals surface area contributed by atoms with Gasteiger partial charge in [-0.3, -0.25) is 0 Å². The van der Waals surface area contributed by atoms with Crippen LogP contribution in [-0.4, -0.2) is 0 Å². The van der Waals surface area contributed by atoms with Gasteiger partial charge < -0.3 is 0 Å². The van der Waals surface area contributed by atoms with E-state index < -0.39 is 0 Å². The van der Waals surface area contributed by atoms with Crippen molar-refractivity contribution >= 4 is 0 Å². The highest BCUT2D eigenvalue weighted by molar-refractivity contribution is 5.00. The molecule has 0 amide bonds. The molecule has 124 valence electrons. The first-order valence-corrected chi connectivity index (χ1v) is 9.42. The normalized spacial score (nSPS) is 13.6. The average molecular weight is 293 g/mol. The molecule has 0 aliphatic heterocycles. The molecular weight excluding hydrogens is 252 g/mol. The van der Waals surface area contributed by atoms with Crippen LogP contribution in [-0.2, 0) is 0 Å². The van der Waals surface area contributed by atoms with Gasteiger partial charge in [-0.05, 0) is 68.6 Å². The molecule has 0 nitrogen and oxygen atoms in total. The third-order valence-corrected chi connectivity index (χ3v) is 5.91. The van der Waals surface area contributed by atoms with E-state index in [1.54, 1.807) is 0 Å². The monoisotopic (exact) mass is 292 g/mol. The van der Waals surface area contributed by atoms with Gasteiger partial charge >= 0.3 is 0 Å². The Bertz CT molecular complexity index is 241. The number of hydrogen-bond acceptors (Lipinski definition) is 0. The van der Waals surface area contributed by atoms with E-state index in [-0.39, 0.29) is 0 Å². The van der Waals surface area contributed by atoms with Crippen LogP contribution in [0.25, 0.3) is 0 Å². The minimum absolute atomic E-state index is 0.456. The maximum atomic E-state index is 2.49. The van der Waals surface area contributed by atoms with Gasteiger partial charge in [0.05, 0.1) is 0 Å². The number of hydrogen-bond donors (Lipinski definition) is 0. The van der Waals surface area contributed by atoms with Gasteiger partial charge in [0.1, 0.15) is 0 Å². The average Bonchev–Trinajstić information content (AvgIpc) is 2.55. The van der Waals surface area contributed by atoms with Crippen LogP contribution in [0.1, 0.15) is 99.3 Å². The lowest BCUT2D eigenvalue weighted by molar-refractivity contribution is 0.338. The topological polar surface area (TPSA) is 0 Å². The fourth-order valence-electron chi connectivity index (χ4n) is 3.23. The number of allylic oxidation sites excluding steroid dienone is 4. The summed E-state index contributed by atoms with van der Waals surface area (Å²) in [7, 11) is 0. The zero-order chi connectivity index (χ0) is 16.2. The fraction of sp³-hybridized carbons (Fsp3) is 0.810. The molecule has 0 aromatic rings. The van der Waals surface area contributed by atoms with Crippen molar-refractivity contribution in [2.24, 2.45) is 10.8 Å². The van der Waals surface area contributed by atoms with Crippen molar-refractivity contribution in [3.63, 3.8) is 0 Å². The summed E-state index contributed by atoms with van der Waals surface area (Å²) in [4.78, 5) is 0. The minimum atomic E-state index is 0.456. The lowest BCUT2D eigenvalue weighted by Gasteiger charge is -2.26. The first kappa shape index (κ1) is 20.5. The summed E-state index contributed by atoms with van der Waals surface area (Å²) in [5.41, 5.74) is 0.912. The van der Waals surface area contributed by atoms with Crippen molar-refractivity contribution in [1.82, 2.24) is 0 Å². The van der Waals surface area contributed by atoms with Crippen molar-refractivity contribution in [2.75, 3.05) is 0 Å². The van der Waals surface area contributed by atoms with Gasteiger partial charge in [0, 0.05) is 0 Å². The molecule has 0 rings (SSSR count). The molecule has 0 bridgehead atoms. The third-order valence-electron chi connectivity index (χ3n) is 5.91. The zero-order valence-electron chi connectivity index (χ0n) is 15.7. The second-order valence-corrected chi connectivity index (χ2v) is 6.58. The minimum Gasteiger partial charge on any atom is -0.0880 e. The number of unbranched alkanes of at least 4 members (excludes halogenated alkanes) is 2. The lowest BCUT2D eigenvalue weighted by atomic mass is 9.79. The van der Waals surface area contributed by atoms with E-state index in [2.05, 4.69) is 65.8 Å². The third kappa shape index (κ3) is 6.85. The molecule has 21 heavy (non-hydrogen) atoms. The predicted molar refractivity (Wildman–Crippen MR) is 98.7 cm³/mol. The molecule has 0 saturated carbocycles. The first-order valence-electron chi connectivity index (χ1n) is 9.42. The van der Waals surface area contributed by atoms with Gasteiger partial charge in [-0.15, -0.1) is 0 Å². The molecule has 0 unspecified atom stereocenters. The molecular formula is C21H40. The maximum Gasteiger partial charge on any atom is -0.0126 e. The van der Waals surface area contributed by atoms with Gasteiger partial charge in [0.25, 0.3) is 0 Å². The summed E-state index contributed by atoms with van der Waals surface area (Å²) >= 11 is 0. The molecule has 0 fully saturated rings. The Morgan fingerprint density at radius 2 is 0.810 bits per heavy atom. The van der Waals surface area contributed by atoms with Crippen LogP contribution in [0.3, 0.4) is 0 Å². The van der Waals surface area contributed by atoms with E-state index in [9.17, 15) is 0 Å². The Balaban J connectivity index is 4.17. The van der Waals surface area contributed by atoms with E-state index in [1.807, 2.05) is 0 Å². The highest BCUT2D eigenvalue weighted by Gasteiger charge is 2.20. The fourth-order valence-corrected chi connectivity index (χ4v) is 3.23. The van der Waals surface area contributed by atoms with Gasteiger partial charge in [0.15, 0.2) is 0 Å². The van der Waals surface area contributed by atoms with Crippen LogP contribution in [0.5, 0.6) is 0 Å². The van der Waals surface area contributed by atoms with Crippen LogP contribution in [0, 0.1) is 10.8 Å². The van der Waals surface area contributed by atoms with E-state index >= 15 is 0 Å².